The molecule has 0 bridgehead atoms. The number of cyclic esters (lactones) is 1. The van der Waals surface area contributed by atoms with Gasteiger partial charge in [-0.25, -0.2) is 9.59 Å². The molecule has 2 atom stereocenters. The maximum absolute atomic E-state index is 11.7. The second kappa shape index (κ2) is 7.03. The fourth-order valence-corrected chi connectivity index (χ4v) is 3.34. The first-order valence-electron chi connectivity index (χ1n) is 8.16. The van der Waals surface area contributed by atoms with E-state index in [0.717, 1.165) is 23.0 Å². The number of ether oxygens (including phenoxy) is 2. The lowest BCUT2D eigenvalue weighted by atomic mass is 9.97. The number of hydrogen-bond acceptors (Lipinski definition) is 6. The third-order valence-corrected chi connectivity index (χ3v) is 4.76. The largest absolute Gasteiger partial charge is 0.515 e. The van der Waals surface area contributed by atoms with Crippen molar-refractivity contribution in [3.05, 3.63) is 58.4 Å². The normalized spacial score (nSPS) is 24.1. The van der Waals surface area contributed by atoms with E-state index in [1.54, 1.807) is 25.1 Å². The minimum Gasteiger partial charge on any atom is -0.515 e. The van der Waals surface area contributed by atoms with Crippen molar-refractivity contribution in [3.63, 3.8) is 0 Å². The average molecular weight is 357 g/mol. The van der Waals surface area contributed by atoms with Gasteiger partial charge in [0, 0.05) is 11.5 Å². The van der Waals surface area contributed by atoms with Gasteiger partial charge in [-0.2, -0.15) is 0 Å². The average Bonchev–Trinajstić information content (AvgIpc) is 3.27. The van der Waals surface area contributed by atoms with Gasteiger partial charge in [0.15, 0.2) is 0 Å². The fraction of sp³-hybridized carbons (Fsp3) is 0.316. The van der Waals surface area contributed by atoms with Crippen molar-refractivity contribution in [2.24, 2.45) is 5.92 Å². The molecule has 7 heteroatoms. The quantitative estimate of drug-likeness (QED) is 0.451. The molecule has 26 heavy (non-hydrogen) atoms. The van der Waals surface area contributed by atoms with E-state index in [2.05, 4.69) is 10.1 Å². The standard InChI is InChI=1S/C14H13NO4.C5H6O2/c1-19-14(18)8-3-2-7-4-10-11(6-16)13(17)15-12(10)9(7)5-8;1-4-2-3-7-5(4)6/h2-3,5-6,10,12,16H,4H2,1H3,(H,15,17);2H,3H2,1H3/b11-6+;. The molecule has 1 amide bonds. The van der Waals surface area contributed by atoms with Crippen molar-refractivity contribution >= 4 is 17.8 Å². The van der Waals surface area contributed by atoms with Gasteiger partial charge in [0.05, 0.1) is 30.6 Å². The number of amides is 1. The third kappa shape index (κ3) is 3.08. The molecule has 0 aromatic heterocycles. The minimum atomic E-state index is -0.395. The van der Waals surface area contributed by atoms with Crippen LogP contribution >= 0.6 is 0 Å². The van der Waals surface area contributed by atoms with Crippen molar-refractivity contribution < 1.29 is 29.0 Å². The van der Waals surface area contributed by atoms with E-state index in [1.807, 2.05) is 6.07 Å². The summed E-state index contributed by atoms with van der Waals surface area (Å²) in [6, 6.07) is 5.19. The predicted octanol–water partition coefficient (Wildman–Crippen LogP) is 1.75. The number of fused-ring (bicyclic) bond motifs is 3. The Kier molecular flexibility index (Phi) is 4.79. The Morgan fingerprint density at radius 1 is 1.38 bits per heavy atom. The lowest BCUT2D eigenvalue weighted by molar-refractivity contribution is -0.135. The Morgan fingerprint density at radius 2 is 2.15 bits per heavy atom. The third-order valence-electron chi connectivity index (χ3n) is 4.76. The van der Waals surface area contributed by atoms with E-state index in [9.17, 15) is 14.4 Å². The zero-order valence-electron chi connectivity index (χ0n) is 14.4. The molecule has 1 aromatic rings. The first kappa shape index (κ1) is 17.7. The van der Waals surface area contributed by atoms with E-state index in [0.29, 0.717) is 24.2 Å². The summed E-state index contributed by atoms with van der Waals surface area (Å²) < 4.78 is 9.23. The fourth-order valence-electron chi connectivity index (χ4n) is 3.34. The molecule has 136 valence electrons. The van der Waals surface area contributed by atoms with Crippen LogP contribution in [0.5, 0.6) is 0 Å². The van der Waals surface area contributed by atoms with Gasteiger partial charge in [-0.15, -0.1) is 0 Å². The molecule has 1 aliphatic carbocycles. The Bertz CT molecular complexity index is 838. The van der Waals surface area contributed by atoms with Crippen LogP contribution in [0, 0.1) is 5.92 Å². The number of aliphatic hydroxyl groups excluding tert-OH is 1. The van der Waals surface area contributed by atoms with E-state index in [4.69, 9.17) is 9.84 Å². The zero-order valence-corrected chi connectivity index (χ0v) is 14.4. The highest BCUT2D eigenvalue weighted by atomic mass is 16.5. The minimum absolute atomic E-state index is 0.0552. The second-order valence-electron chi connectivity index (χ2n) is 6.24. The molecular weight excluding hydrogens is 338 g/mol. The van der Waals surface area contributed by atoms with Crippen LogP contribution in [0.4, 0.5) is 0 Å². The molecule has 2 heterocycles. The monoisotopic (exact) mass is 357 g/mol. The molecule has 0 saturated carbocycles. The number of nitrogens with one attached hydrogen (secondary N) is 1. The number of carbonyl (C=O) groups excluding carboxylic acids is 3. The van der Waals surface area contributed by atoms with Crippen LogP contribution in [0.25, 0.3) is 0 Å². The molecule has 2 unspecified atom stereocenters. The summed E-state index contributed by atoms with van der Waals surface area (Å²) in [6.45, 7) is 2.21. The second-order valence-corrected chi connectivity index (χ2v) is 6.24. The number of carbonyl (C=O) groups is 3. The van der Waals surface area contributed by atoms with Gasteiger partial charge in [0.2, 0.25) is 0 Å². The number of rotatable bonds is 1. The topological polar surface area (TPSA) is 102 Å². The van der Waals surface area contributed by atoms with Gasteiger partial charge >= 0.3 is 11.9 Å². The Balaban J connectivity index is 0.000000236. The van der Waals surface area contributed by atoms with Crippen LogP contribution in [0.3, 0.4) is 0 Å². The first-order valence-corrected chi connectivity index (χ1v) is 8.16. The molecule has 0 radical (unpaired) electrons. The highest BCUT2D eigenvalue weighted by Crippen LogP contribution is 2.44. The van der Waals surface area contributed by atoms with Crippen molar-refractivity contribution in [1.29, 1.82) is 0 Å². The number of hydrogen-bond donors (Lipinski definition) is 2. The highest BCUT2D eigenvalue weighted by molar-refractivity contribution is 5.97. The Labute approximate surface area is 150 Å². The summed E-state index contributed by atoms with van der Waals surface area (Å²) >= 11 is 0. The van der Waals surface area contributed by atoms with E-state index >= 15 is 0 Å². The SMILES string of the molecule is CC1=CCOC1=O.COC(=O)c1ccc2c(c1)C1NC(=O)/C(=C/O)C1C2. The maximum atomic E-state index is 11.7. The Hall–Kier alpha value is -3.09. The van der Waals surface area contributed by atoms with E-state index < -0.39 is 5.97 Å². The van der Waals surface area contributed by atoms with Crippen molar-refractivity contribution in [2.75, 3.05) is 13.7 Å². The number of esters is 2. The molecule has 1 fully saturated rings. The molecule has 2 N–H and O–H groups in total. The maximum Gasteiger partial charge on any atom is 0.337 e. The van der Waals surface area contributed by atoms with E-state index in [-0.39, 0.29) is 23.8 Å². The summed E-state index contributed by atoms with van der Waals surface area (Å²) in [5, 5.41) is 12.0. The van der Waals surface area contributed by atoms with Gasteiger partial charge in [-0.1, -0.05) is 6.07 Å². The summed E-state index contributed by atoms with van der Waals surface area (Å²) in [5.41, 5.74) is 3.61. The van der Waals surface area contributed by atoms with Gasteiger partial charge < -0.3 is 19.9 Å². The van der Waals surface area contributed by atoms with Gasteiger partial charge in [-0.05, 0) is 42.7 Å². The van der Waals surface area contributed by atoms with E-state index in [1.165, 1.54) is 7.11 Å². The summed E-state index contributed by atoms with van der Waals surface area (Å²) in [6.07, 6.45) is 3.34. The molecule has 3 aliphatic rings. The Morgan fingerprint density at radius 3 is 2.69 bits per heavy atom. The van der Waals surface area contributed by atoms with Crippen LogP contribution in [0.15, 0.2) is 41.7 Å². The first-order chi connectivity index (χ1) is 12.5. The van der Waals surface area contributed by atoms with Crippen molar-refractivity contribution in [3.8, 4) is 0 Å². The lowest BCUT2D eigenvalue weighted by Crippen LogP contribution is -2.19. The number of benzene rings is 1. The molecular formula is C19H19NO6. The van der Waals surface area contributed by atoms with Crippen molar-refractivity contribution in [1.82, 2.24) is 5.32 Å². The summed E-state index contributed by atoms with van der Waals surface area (Å²) in [5.74, 6) is -0.875. The molecule has 2 aliphatic heterocycles. The lowest BCUT2D eigenvalue weighted by Gasteiger charge is -2.10. The molecule has 1 aromatic carbocycles. The predicted molar refractivity (Wildman–Crippen MR) is 91.3 cm³/mol. The molecule has 7 nitrogen and oxygen atoms in total. The highest BCUT2D eigenvalue weighted by Gasteiger charge is 2.44. The van der Waals surface area contributed by atoms with Crippen molar-refractivity contribution in [2.45, 2.75) is 19.4 Å². The van der Waals surface area contributed by atoms with Crippen LogP contribution in [-0.4, -0.2) is 36.7 Å². The van der Waals surface area contributed by atoms with Crippen LogP contribution in [0.2, 0.25) is 0 Å². The molecule has 1 saturated heterocycles. The van der Waals surface area contributed by atoms with Crippen LogP contribution < -0.4 is 5.32 Å². The van der Waals surface area contributed by atoms with Crippen LogP contribution in [0.1, 0.15) is 34.5 Å². The van der Waals surface area contributed by atoms with Crippen LogP contribution in [-0.2, 0) is 25.5 Å². The summed E-state index contributed by atoms with van der Waals surface area (Å²) in [7, 11) is 1.34. The smallest absolute Gasteiger partial charge is 0.337 e. The summed E-state index contributed by atoms with van der Waals surface area (Å²) in [4.78, 5) is 33.5. The zero-order chi connectivity index (χ0) is 18.8. The van der Waals surface area contributed by atoms with Gasteiger partial charge in [0.25, 0.3) is 5.91 Å². The number of methoxy groups -OCH3 is 1. The van der Waals surface area contributed by atoms with Gasteiger partial charge in [0.1, 0.15) is 6.61 Å². The van der Waals surface area contributed by atoms with Gasteiger partial charge in [-0.3, -0.25) is 4.79 Å². The number of aliphatic hydroxyl groups is 1. The molecule has 4 rings (SSSR count). The molecule has 0 spiro atoms.